The molecular formula is C17H29N3O2. The minimum absolute atomic E-state index is 0.260. The summed E-state index contributed by atoms with van der Waals surface area (Å²) in [7, 11) is 0. The summed E-state index contributed by atoms with van der Waals surface area (Å²) in [4.78, 5) is 4.82. The number of aromatic amines is 1. The molecule has 3 rings (SSSR count). The molecule has 0 aromatic carbocycles. The van der Waals surface area contributed by atoms with Crippen molar-refractivity contribution in [3.63, 3.8) is 0 Å². The smallest absolute Gasteiger partial charge is 0.153 e. The second-order valence-electron chi connectivity index (χ2n) is 6.85. The summed E-state index contributed by atoms with van der Waals surface area (Å²) >= 11 is 0. The van der Waals surface area contributed by atoms with Gasteiger partial charge in [0.1, 0.15) is 5.82 Å². The number of aromatic nitrogens is 3. The number of hydrogen-bond donors (Lipinski definition) is 2. The lowest BCUT2D eigenvalue weighted by Gasteiger charge is -2.28. The highest BCUT2D eigenvalue weighted by Crippen LogP contribution is 2.37. The predicted octanol–water partition coefficient (Wildman–Crippen LogP) is 3.13. The Balaban J connectivity index is 1.67. The Morgan fingerprint density at radius 1 is 1.18 bits per heavy atom. The number of hydrogen-bond acceptors (Lipinski definition) is 4. The zero-order valence-corrected chi connectivity index (χ0v) is 13.6. The molecule has 2 N–H and O–H groups in total. The van der Waals surface area contributed by atoms with Gasteiger partial charge >= 0.3 is 0 Å². The van der Waals surface area contributed by atoms with Gasteiger partial charge in [-0.05, 0) is 44.9 Å². The Hall–Kier alpha value is -0.940. The van der Waals surface area contributed by atoms with Crippen LogP contribution in [-0.2, 0) is 4.74 Å². The highest BCUT2D eigenvalue weighted by atomic mass is 16.5. The third-order valence-corrected chi connectivity index (χ3v) is 5.41. The predicted molar refractivity (Wildman–Crippen MR) is 84.8 cm³/mol. The van der Waals surface area contributed by atoms with Gasteiger partial charge in [0.25, 0.3) is 0 Å². The van der Waals surface area contributed by atoms with Crippen LogP contribution in [-0.4, -0.2) is 39.6 Å². The molecule has 1 aromatic rings. The molecule has 0 spiro atoms. The van der Waals surface area contributed by atoms with Gasteiger partial charge in [-0.25, -0.2) is 4.98 Å². The molecule has 4 atom stereocenters. The molecule has 4 unspecified atom stereocenters. The lowest BCUT2D eigenvalue weighted by Crippen LogP contribution is -2.23. The first kappa shape index (κ1) is 15.9. The average Bonchev–Trinajstić information content (AvgIpc) is 3.05. The quantitative estimate of drug-likeness (QED) is 0.876. The molecule has 2 aliphatic rings. The van der Waals surface area contributed by atoms with Gasteiger partial charge in [0.2, 0.25) is 0 Å². The zero-order chi connectivity index (χ0) is 15.4. The van der Waals surface area contributed by atoms with Crippen LogP contribution in [0.25, 0.3) is 0 Å². The van der Waals surface area contributed by atoms with E-state index in [2.05, 4.69) is 17.1 Å². The number of nitrogens with zero attached hydrogens (tertiary/aromatic N) is 2. The molecule has 1 aromatic heterocycles. The van der Waals surface area contributed by atoms with Gasteiger partial charge in [0.15, 0.2) is 5.82 Å². The SMILES string of the molecule is CCOC1CCCC(c2n[nH]c(C3CCCCC3CO)n2)C1. The number of rotatable bonds is 5. The number of ether oxygens (including phenoxy) is 1. The Morgan fingerprint density at radius 3 is 2.86 bits per heavy atom. The van der Waals surface area contributed by atoms with Crippen LogP contribution in [0, 0.1) is 5.92 Å². The Labute approximate surface area is 132 Å². The van der Waals surface area contributed by atoms with Crippen molar-refractivity contribution in [2.45, 2.75) is 76.2 Å². The van der Waals surface area contributed by atoms with Gasteiger partial charge in [-0.1, -0.05) is 19.3 Å². The van der Waals surface area contributed by atoms with Crippen molar-refractivity contribution in [3.8, 4) is 0 Å². The van der Waals surface area contributed by atoms with E-state index < -0.39 is 0 Å². The van der Waals surface area contributed by atoms with Crippen molar-refractivity contribution in [2.75, 3.05) is 13.2 Å². The standard InChI is InChI=1S/C17H29N3O2/c1-2-22-14-8-5-7-12(10-14)16-18-17(20-19-16)15-9-4-3-6-13(15)11-21/h12-15,21H,2-11H2,1H3,(H,18,19,20). The number of H-pyrrole nitrogens is 1. The maximum Gasteiger partial charge on any atom is 0.153 e. The van der Waals surface area contributed by atoms with E-state index in [4.69, 9.17) is 9.72 Å². The first-order valence-electron chi connectivity index (χ1n) is 8.96. The second-order valence-corrected chi connectivity index (χ2v) is 6.85. The third-order valence-electron chi connectivity index (χ3n) is 5.41. The fourth-order valence-electron chi connectivity index (χ4n) is 4.19. The summed E-state index contributed by atoms with van der Waals surface area (Å²) in [5.74, 6) is 3.07. The first-order chi connectivity index (χ1) is 10.8. The molecule has 0 bridgehead atoms. The van der Waals surface area contributed by atoms with Crippen molar-refractivity contribution in [1.29, 1.82) is 0 Å². The molecule has 2 saturated carbocycles. The molecule has 5 nitrogen and oxygen atoms in total. The number of aliphatic hydroxyl groups is 1. The highest BCUT2D eigenvalue weighted by Gasteiger charge is 2.31. The van der Waals surface area contributed by atoms with Crippen LogP contribution in [0.4, 0.5) is 0 Å². The van der Waals surface area contributed by atoms with Gasteiger partial charge in [-0.2, -0.15) is 5.10 Å². The minimum atomic E-state index is 0.260. The van der Waals surface area contributed by atoms with E-state index in [9.17, 15) is 5.11 Å². The second kappa shape index (κ2) is 7.55. The Kier molecular flexibility index (Phi) is 5.47. The van der Waals surface area contributed by atoms with Gasteiger partial charge in [-0.15, -0.1) is 0 Å². The van der Waals surface area contributed by atoms with Crippen LogP contribution < -0.4 is 0 Å². The van der Waals surface area contributed by atoms with E-state index >= 15 is 0 Å². The lowest BCUT2D eigenvalue weighted by molar-refractivity contribution is 0.0299. The van der Waals surface area contributed by atoms with Crippen LogP contribution in [0.2, 0.25) is 0 Å². The molecule has 0 aliphatic heterocycles. The summed E-state index contributed by atoms with van der Waals surface area (Å²) in [6.45, 7) is 3.11. The van der Waals surface area contributed by atoms with Crippen molar-refractivity contribution in [3.05, 3.63) is 11.6 Å². The molecule has 0 radical (unpaired) electrons. The fraction of sp³-hybridized carbons (Fsp3) is 0.882. The van der Waals surface area contributed by atoms with E-state index in [1.807, 2.05) is 0 Å². The highest BCUT2D eigenvalue weighted by molar-refractivity contribution is 5.06. The Morgan fingerprint density at radius 2 is 2.05 bits per heavy atom. The molecule has 0 amide bonds. The third kappa shape index (κ3) is 3.51. The van der Waals surface area contributed by atoms with E-state index in [1.54, 1.807) is 0 Å². The van der Waals surface area contributed by atoms with Crippen molar-refractivity contribution >= 4 is 0 Å². The van der Waals surface area contributed by atoms with Gasteiger partial charge in [-0.3, -0.25) is 5.10 Å². The minimum Gasteiger partial charge on any atom is -0.396 e. The van der Waals surface area contributed by atoms with Crippen LogP contribution >= 0.6 is 0 Å². The number of aliphatic hydroxyl groups excluding tert-OH is 1. The normalized spacial score (nSPS) is 33.0. The summed E-state index contributed by atoms with van der Waals surface area (Å²) in [5.41, 5.74) is 0. The molecule has 2 aliphatic carbocycles. The van der Waals surface area contributed by atoms with E-state index in [-0.39, 0.29) is 6.61 Å². The topological polar surface area (TPSA) is 71.0 Å². The lowest BCUT2D eigenvalue weighted by atomic mass is 9.79. The van der Waals surface area contributed by atoms with Gasteiger partial charge in [0, 0.05) is 25.0 Å². The molecule has 5 heteroatoms. The van der Waals surface area contributed by atoms with E-state index in [1.165, 1.54) is 19.3 Å². The van der Waals surface area contributed by atoms with Crippen LogP contribution in [0.15, 0.2) is 0 Å². The summed E-state index contributed by atoms with van der Waals surface area (Å²) in [6, 6.07) is 0. The van der Waals surface area contributed by atoms with Crippen molar-refractivity contribution in [1.82, 2.24) is 15.2 Å². The first-order valence-corrected chi connectivity index (χ1v) is 8.96. The van der Waals surface area contributed by atoms with Gasteiger partial charge < -0.3 is 9.84 Å². The summed E-state index contributed by atoms with van der Waals surface area (Å²) in [5, 5.41) is 17.3. The van der Waals surface area contributed by atoms with Crippen LogP contribution in [0.1, 0.15) is 81.8 Å². The maximum absolute atomic E-state index is 9.59. The monoisotopic (exact) mass is 307 g/mol. The largest absolute Gasteiger partial charge is 0.396 e. The average molecular weight is 307 g/mol. The molecule has 2 fully saturated rings. The molecule has 1 heterocycles. The number of nitrogens with one attached hydrogen (secondary N) is 1. The zero-order valence-electron chi connectivity index (χ0n) is 13.6. The van der Waals surface area contributed by atoms with E-state index in [0.29, 0.717) is 23.9 Å². The molecule has 22 heavy (non-hydrogen) atoms. The fourth-order valence-corrected chi connectivity index (χ4v) is 4.19. The van der Waals surface area contributed by atoms with Gasteiger partial charge in [0.05, 0.1) is 6.10 Å². The van der Waals surface area contributed by atoms with Crippen molar-refractivity contribution in [2.24, 2.45) is 5.92 Å². The van der Waals surface area contributed by atoms with E-state index in [0.717, 1.165) is 50.4 Å². The molecular weight excluding hydrogens is 278 g/mol. The van der Waals surface area contributed by atoms with Crippen molar-refractivity contribution < 1.29 is 9.84 Å². The molecule has 0 saturated heterocycles. The summed E-state index contributed by atoms with van der Waals surface area (Å²) in [6.07, 6.45) is 9.60. The Bertz CT molecular complexity index is 461. The van der Waals surface area contributed by atoms with Crippen LogP contribution in [0.3, 0.4) is 0 Å². The molecule has 124 valence electrons. The maximum atomic E-state index is 9.59. The van der Waals surface area contributed by atoms with Crippen LogP contribution in [0.5, 0.6) is 0 Å². The summed E-state index contributed by atoms with van der Waals surface area (Å²) < 4.78 is 5.79.